The summed E-state index contributed by atoms with van der Waals surface area (Å²) < 4.78 is 5.27. The van der Waals surface area contributed by atoms with Crippen LogP contribution in [0.25, 0.3) is 0 Å². The van der Waals surface area contributed by atoms with Gasteiger partial charge in [-0.15, -0.1) is 11.3 Å². The topological polar surface area (TPSA) is 45.7 Å². The molecule has 0 unspecified atom stereocenters. The zero-order valence-corrected chi connectivity index (χ0v) is 13.0. The van der Waals surface area contributed by atoms with E-state index in [1.807, 2.05) is 13.8 Å². The van der Waals surface area contributed by atoms with E-state index in [0.717, 1.165) is 36.9 Å². The largest absolute Gasteiger partial charge is 0.461 e. The van der Waals surface area contributed by atoms with E-state index in [9.17, 15) is 4.79 Å². The summed E-state index contributed by atoms with van der Waals surface area (Å²) >= 11 is 1.70. The van der Waals surface area contributed by atoms with Gasteiger partial charge in [-0.25, -0.2) is 4.98 Å². The molecular weight excluding hydrogens is 274 g/mol. The van der Waals surface area contributed by atoms with Crippen molar-refractivity contribution in [3.8, 4) is 0 Å². The molecule has 110 valence electrons. The summed E-state index contributed by atoms with van der Waals surface area (Å²) in [4.78, 5) is 21.0. The maximum atomic E-state index is 11.9. The fourth-order valence-electron chi connectivity index (χ4n) is 3.06. The average molecular weight is 295 g/mol. The van der Waals surface area contributed by atoms with Crippen LogP contribution in [0.1, 0.15) is 26.0 Å². The molecule has 0 aromatic carbocycles. The minimum atomic E-state index is -0.0526. The predicted octanol–water partition coefficient (Wildman–Crippen LogP) is 1.67. The standard InChI is InChI=1S/C14H21N3O2S/c1-9-8-20-14(15-9)17-5-4-16(7-10(17)2)12-6-11(3)19-13(12)18/h8,10-12H,4-7H2,1-3H3/t10-,11-,12+/m0/s1. The van der Waals surface area contributed by atoms with Crippen LogP contribution in [0.3, 0.4) is 0 Å². The fourth-order valence-corrected chi connectivity index (χ4v) is 3.99. The summed E-state index contributed by atoms with van der Waals surface area (Å²) in [6.07, 6.45) is 0.879. The lowest BCUT2D eigenvalue weighted by atomic mass is 10.1. The molecule has 1 aromatic heterocycles. The first-order chi connectivity index (χ1) is 9.54. The molecule has 2 saturated heterocycles. The van der Waals surface area contributed by atoms with Crippen LogP contribution in [0.4, 0.5) is 5.13 Å². The van der Waals surface area contributed by atoms with Gasteiger partial charge in [0.1, 0.15) is 12.1 Å². The molecule has 20 heavy (non-hydrogen) atoms. The van der Waals surface area contributed by atoms with E-state index in [1.54, 1.807) is 11.3 Å². The van der Waals surface area contributed by atoms with Crippen LogP contribution >= 0.6 is 11.3 Å². The van der Waals surface area contributed by atoms with Gasteiger partial charge in [-0.2, -0.15) is 0 Å². The van der Waals surface area contributed by atoms with Crippen molar-refractivity contribution in [3.05, 3.63) is 11.1 Å². The molecule has 0 bridgehead atoms. The first-order valence-corrected chi connectivity index (χ1v) is 8.06. The summed E-state index contributed by atoms with van der Waals surface area (Å²) in [7, 11) is 0. The lowest BCUT2D eigenvalue weighted by molar-refractivity contribution is -0.145. The van der Waals surface area contributed by atoms with E-state index in [-0.39, 0.29) is 18.1 Å². The molecule has 2 aliphatic rings. The number of hydrogen-bond donors (Lipinski definition) is 0. The van der Waals surface area contributed by atoms with Crippen molar-refractivity contribution in [1.29, 1.82) is 0 Å². The first kappa shape index (κ1) is 13.8. The fraction of sp³-hybridized carbons (Fsp3) is 0.714. The Morgan fingerprint density at radius 1 is 1.40 bits per heavy atom. The second-order valence-electron chi connectivity index (χ2n) is 5.81. The van der Waals surface area contributed by atoms with Gasteiger partial charge in [0.15, 0.2) is 5.13 Å². The molecule has 0 spiro atoms. The zero-order chi connectivity index (χ0) is 14.3. The van der Waals surface area contributed by atoms with E-state index in [2.05, 4.69) is 27.1 Å². The summed E-state index contributed by atoms with van der Waals surface area (Å²) in [5, 5.41) is 3.18. The zero-order valence-electron chi connectivity index (χ0n) is 12.2. The van der Waals surface area contributed by atoms with Gasteiger partial charge in [-0.1, -0.05) is 0 Å². The molecule has 0 amide bonds. The van der Waals surface area contributed by atoms with Gasteiger partial charge >= 0.3 is 5.97 Å². The first-order valence-electron chi connectivity index (χ1n) is 7.18. The average Bonchev–Trinajstić information content (AvgIpc) is 2.95. The SMILES string of the molecule is Cc1csc(N2CCN([C@@H]3C[C@H](C)OC3=O)C[C@@H]2C)n1. The molecule has 0 saturated carbocycles. The number of anilines is 1. The van der Waals surface area contributed by atoms with Crippen molar-refractivity contribution in [3.63, 3.8) is 0 Å². The van der Waals surface area contributed by atoms with Gasteiger partial charge < -0.3 is 9.64 Å². The van der Waals surface area contributed by atoms with Crippen LogP contribution in [-0.4, -0.2) is 53.7 Å². The Morgan fingerprint density at radius 3 is 2.75 bits per heavy atom. The Hall–Kier alpha value is -1.14. The molecule has 6 heteroatoms. The number of cyclic esters (lactones) is 1. The third-order valence-electron chi connectivity index (χ3n) is 4.10. The van der Waals surface area contributed by atoms with Crippen LogP contribution in [0.15, 0.2) is 5.38 Å². The van der Waals surface area contributed by atoms with E-state index in [0.29, 0.717) is 6.04 Å². The summed E-state index contributed by atoms with van der Waals surface area (Å²) in [6, 6.07) is 0.325. The Kier molecular flexibility index (Phi) is 3.69. The maximum Gasteiger partial charge on any atom is 0.323 e. The van der Waals surface area contributed by atoms with E-state index in [4.69, 9.17) is 4.74 Å². The summed E-state index contributed by atoms with van der Waals surface area (Å²) in [6.45, 7) is 8.91. The van der Waals surface area contributed by atoms with Crippen molar-refractivity contribution >= 4 is 22.4 Å². The highest BCUT2D eigenvalue weighted by Crippen LogP contribution is 2.27. The highest BCUT2D eigenvalue weighted by Gasteiger charge is 2.39. The molecule has 1 aromatic rings. The van der Waals surface area contributed by atoms with Crippen molar-refractivity contribution < 1.29 is 9.53 Å². The van der Waals surface area contributed by atoms with Crippen LogP contribution in [-0.2, 0) is 9.53 Å². The summed E-state index contributed by atoms with van der Waals surface area (Å²) in [5.41, 5.74) is 1.08. The Bertz CT molecular complexity index is 504. The lowest BCUT2D eigenvalue weighted by Crippen LogP contribution is -2.56. The Labute approximate surface area is 123 Å². The number of piperazine rings is 1. The van der Waals surface area contributed by atoms with Gasteiger partial charge in [0.05, 0.1) is 5.69 Å². The van der Waals surface area contributed by atoms with Crippen LogP contribution in [0.5, 0.6) is 0 Å². The van der Waals surface area contributed by atoms with Crippen molar-refractivity contribution in [2.75, 3.05) is 24.5 Å². The highest BCUT2D eigenvalue weighted by atomic mass is 32.1. The molecule has 0 aliphatic carbocycles. The molecule has 2 aliphatic heterocycles. The Morgan fingerprint density at radius 2 is 2.20 bits per heavy atom. The second-order valence-corrected chi connectivity index (χ2v) is 6.64. The number of carbonyl (C=O) groups is 1. The minimum Gasteiger partial charge on any atom is -0.461 e. The third-order valence-corrected chi connectivity index (χ3v) is 5.09. The van der Waals surface area contributed by atoms with Gasteiger partial charge in [-0.05, 0) is 20.8 Å². The van der Waals surface area contributed by atoms with Crippen molar-refractivity contribution in [1.82, 2.24) is 9.88 Å². The van der Waals surface area contributed by atoms with Crippen molar-refractivity contribution in [2.45, 2.75) is 45.4 Å². The van der Waals surface area contributed by atoms with Gasteiger partial charge in [0.25, 0.3) is 0 Å². The number of hydrogen-bond acceptors (Lipinski definition) is 6. The number of aryl methyl sites for hydroxylation is 1. The van der Waals surface area contributed by atoms with Gasteiger partial charge in [-0.3, -0.25) is 9.69 Å². The number of esters is 1. The third kappa shape index (κ3) is 2.54. The normalized spacial score (nSPS) is 31.6. The molecular formula is C14H21N3O2S. The molecule has 3 atom stereocenters. The number of nitrogens with zero attached hydrogens (tertiary/aromatic N) is 3. The summed E-state index contributed by atoms with van der Waals surface area (Å²) in [5.74, 6) is -0.0526. The van der Waals surface area contributed by atoms with Crippen LogP contribution in [0, 0.1) is 6.92 Å². The molecule has 2 fully saturated rings. The molecule has 0 radical (unpaired) electrons. The van der Waals surface area contributed by atoms with E-state index in [1.165, 1.54) is 0 Å². The molecule has 5 nitrogen and oxygen atoms in total. The van der Waals surface area contributed by atoms with Crippen LogP contribution < -0.4 is 4.90 Å². The van der Waals surface area contributed by atoms with E-state index >= 15 is 0 Å². The predicted molar refractivity (Wildman–Crippen MR) is 79.2 cm³/mol. The quantitative estimate of drug-likeness (QED) is 0.777. The smallest absolute Gasteiger partial charge is 0.323 e. The lowest BCUT2D eigenvalue weighted by Gasteiger charge is -2.41. The number of aromatic nitrogens is 1. The maximum absolute atomic E-state index is 11.9. The van der Waals surface area contributed by atoms with Gasteiger partial charge in [0, 0.05) is 37.5 Å². The number of thiazole rings is 1. The Balaban J connectivity index is 1.66. The number of carbonyl (C=O) groups excluding carboxylic acids is 1. The second kappa shape index (κ2) is 5.33. The number of ether oxygens (including phenoxy) is 1. The monoisotopic (exact) mass is 295 g/mol. The van der Waals surface area contributed by atoms with Crippen molar-refractivity contribution in [2.24, 2.45) is 0 Å². The molecule has 3 heterocycles. The minimum absolute atomic E-state index is 0.0485. The van der Waals surface area contributed by atoms with E-state index < -0.39 is 0 Å². The van der Waals surface area contributed by atoms with Gasteiger partial charge in [0.2, 0.25) is 0 Å². The van der Waals surface area contributed by atoms with Crippen LogP contribution in [0.2, 0.25) is 0 Å². The molecule has 0 N–H and O–H groups in total. The molecule has 3 rings (SSSR count). The highest BCUT2D eigenvalue weighted by molar-refractivity contribution is 7.13. The number of rotatable bonds is 2.